The van der Waals surface area contributed by atoms with E-state index >= 15 is 0 Å². The number of carbonyl (C=O) groups excluding carboxylic acids is 1. The van der Waals surface area contributed by atoms with Crippen molar-refractivity contribution in [2.45, 2.75) is 12.5 Å². The van der Waals surface area contributed by atoms with E-state index in [1.165, 1.54) is 7.11 Å². The Balaban J connectivity index is 2.76. The Morgan fingerprint density at radius 1 is 1.67 bits per heavy atom. The number of nitrogens with two attached hydrogens (primary N) is 1. The third-order valence-corrected chi connectivity index (χ3v) is 1.80. The van der Waals surface area contributed by atoms with Crippen LogP contribution in [0.3, 0.4) is 0 Å². The zero-order chi connectivity index (χ0) is 11.4. The fourth-order valence-electron chi connectivity index (χ4n) is 1.04. The maximum atomic E-state index is 13.1. The van der Waals surface area contributed by atoms with Gasteiger partial charge in [-0.2, -0.15) is 0 Å². The van der Waals surface area contributed by atoms with E-state index in [4.69, 9.17) is 5.73 Å². The van der Waals surface area contributed by atoms with Gasteiger partial charge in [0.05, 0.1) is 19.0 Å². The lowest BCUT2D eigenvalue weighted by Crippen LogP contribution is -2.34. The first-order valence-corrected chi connectivity index (χ1v) is 4.18. The van der Waals surface area contributed by atoms with E-state index in [1.54, 1.807) is 0 Å². The lowest BCUT2D eigenvalue weighted by Gasteiger charge is -2.08. The molecule has 1 aromatic heterocycles. The van der Waals surface area contributed by atoms with Crippen LogP contribution in [-0.4, -0.2) is 24.1 Å². The summed E-state index contributed by atoms with van der Waals surface area (Å²) >= 11 is 0. The predicted molar refractivity (Wildman–Crippen MR) is 47.8 cm³/mol. The fraction of sp³-hybridized carbons (Fsp3) is 0.333. The van der Waals surface area contributed by atoms with Crippen LogP contribution < -0.4 is 5.73 Å². The summed E-state index contributed by atoms with van der Waals surface area (Å²) in [6.07, 6.45) is 0.737. The lowest BCUT2D eigenvalue weighted by molar-refractivity contribution is -0.142. The van der Waals surface area contributed by atoms with Crippen molar-refractivity contribution in [3.8, 4) is 0 Å². The Morgan fingerprint density at radius 3 is 2.87 bits per heavy atom. The minimum absolute atomic E-state index is 0.0608. The zero-order valence-corrected chi connectivity index (χ0v) is 8.04. The molecule has 0 amide bonds. The summed E-state index contributed by atoms with van der Waals surface area (Å²) in [5, 5.41) is 0. The van der Waals surface area contributed by atoms with Crippen LogP contribution in [0.25, 0.3) is 0 Å². The van der Waals surface area contributed by atoms with Crippen LogP contribution in [0.5, 0.6) is 0 Å². The van der Waals surface area contributed by atoms with E-state index in [9.17, 15) is 13.6 Å². The molecule has 0 aliphatic rings. The number of hydrogen-bond acceptors (Lipinski definition) is 4. The van der Waals surface area contributed by atoms with Crippen LogP contribution in [0, 0.1) is 11.6 Å². The average molecular weight is 216 g/mol. The van der Waals surface area contributed by atoms with E-state index in [-0.39, 0.29) is 12.1 Å². The molecule has 0 radical (unpaired) electrons. The Morgan fingerprint density at radius 2 is 2.33 bits per heavy atom. The van der Waals surface area contributed by atoms with Gasteiger partial charge in [0.15, 0.2) is 0 Å². The molecule has 1 aromatic rings. The molecular formula is C9H10F2N2O2. The van der Waals surface area contributed by atoms with Gasteiger partial charge < -0.3 is 10.5 Å². The smallest absolute Gasteiger partial charge is 0.323 e. The highest BCUT2D eigenvalue weighted by Gasteiger charge is 2.17. The first-order valence-electron chi connectivity index (χ1n) is 4.18. The van der Waals surface area contributed by atoms with Crippen LogP contribution in [0.2, 0.25) is 0 Å². The van der Waals surface area contributed by atoms with Gasteiger partial charge in [0.25, 0.3) is 0 Å². The van der Waals surface area contributed by atoms with Crippen LogP contribution in [0.4, 0.5) is 8.78 Å². The standard InChI is InChI=1S/C9H10F2N2O2/c1-15-9(14)7(12)3-8-6(11)2-5(10)4-13-8/h2,4,7H,3,12H2,1H3/t7-/m1/s1. The minimum Gasteiger partial charge on any atom is -0.468 e. The van der Waals surface area contributed by atoms with Gasteiger partial charge in [-0.15, -0.1) is 0 Å². The molecule has 82 valence electrons. The topological polar surface area (TPSA) is 65.2 Å². The van der Waals surface area contributed by atoms with Crippen LogP contribution in [-0.2, 0) is 16.0 Å². The summed E-state index contributed by atoms with van der Waals surface area (Å²) in [4.78, 5) is 14.4. The van der Waals surface area contributed by atoms with Gasteiger partial charge >= 0.3 is 5.97 Å². The fourth-order valence-corrected chi connectivity index (χ4v) is 1.04. The van der Waals surface area contributed by atoms with Gasteiger partial charge in [-0.25, -0.2) is 8.78 Å². The Kier molecular flexibility index (Phi) is 3.68. The van der Waals surface area contributed by atoms with Crippen LogP contribution in [0.15, 0.2) is 12.3 Å². The second kappa shape index (κ2) is 4.79. The number of methoxy groups -OCH3 is 1. The number of esters is 1. The van der Waals surface area contributed by atoms with Crippen molar-refractivity contribution >= 4 is 5.97 Å². The number of rotatable bonds is 3. The Hall–Kier alpha value is -1.56. The van der Waals surface area contributed by atoms with Gasteiger partial charge in [-0.1, -0.05) is 0 Å². The molecule has 1 atom stereocenters. The molecule has 0 aliphatic heterocycles. The monoisotopic (exact) mass is 216 g/mol. The van der Waals surface area contributed by atoms with E-state index < -0.39 is 23.6 Å². The van der Waals surface area contributed by atoms with E-state index in [0.717, 1.165) is 6.20 Å². The number of nitrogens with zero attached hydrogens (tertiary/aromatic N) is 1. The van der Waals surface area contributed by atoms with Crippen molar-refractivity contribution in [2.75, 3.05) is 7.11 Å². The number of halogens is 2. The molecule has 0 unspecified atom stereocenters. The van der Waals surface area contributed by atoms with E-state index in [2.05, 4.69) is 9.72 Å². The maximum Gasteiger partial charge on any atom is 0.323 e. The number of ether oxygens (including phenoxy) is 1. The minimum atomic E-state index is -0.998. The number of pyridine rings is 1. The van der Waals surface area contributed by atoms with Crippen molar-refractivity contribution in [1.82, 2.24) is 4.98 Å². The third kappa shape index (κ3) is 2.95. The summed E-state index contributed by atoms with van der Waals surface area (Å²) in [6, 6.07) is -0.311. The molecule has 0 spiro atoms. The zero-order valence-electron chi connectivity index (χ0n) is 8.04. The molecule has 1 heterocycles. The molecule has 0 aromatic carbocycles. The lowest BCUT2D eigenvalue weighted by atomic mass is 10.1. The summed E-state index contributed by atoms with van der Waals surface area (Å²) in [7, 11) is 1.18. The van der Waals surface area contributed by atoms with Crippen LogP contribution >= 0.6 is 0 Å². The van der Waals surface area contributed by atoms with Gasteiger partial charge in [-0.05, 0) is 0 Å². The van der Waals surface area contributed by atoms with Gasteiger partial charge in [0, 0.05) is 12.5 Å². The summed E-state index contributed by atoms with van der Waals surface area (Å²) in [5.41, 5.74) is 5.33. The molecule has 0 saturated carbocycles. The second-order valence-corrected chi connectivity index (χ2v) is 2.92. The normalized spacial score (nSPS) is 12.3. The molecule has 0 bridgehead atoms. The van der Waals surface area contributed by atoms with Crippen molar-refractivity contribution in [1.29, 1.82) is 0 Å². The number of hydrogen-bond donors (Lipinski definition) is 1. The molecule has 4 nitrogen and oxygen atoms in total. The largest absolute Gasteiger partial charge is 0.468 e. The summed E-state index contributed by atoms with van der Waals surface area (Å²) in [5.74, 6) is -2.27. The van der Waals surface area contributed by atoms with Crippen molar-refractivity contribution in [3.63, 3.8) is 0 Å². The van der Waals surface area contributed by atoms with Gasteiger partial charge in [-0.3, -0.25) is 9.78 Å². The predicted octanol–water partition coefficient (Wildman–Crippen LogP) is 0.403. The third-order valence-electron chi connectivity index (χ3n) is 1.80. The molecule has 15 heavy (non-hydrogen) atoms. The first-order chi connectivity index (χ1) is 7.04. The molecule has 1 rings (SSSR count). The highest BCUT2D eigenvalue weighted by atomic mass is 19.1. The average Bonchev–Trinajstić information content (AvgIpc) is 2.20. The van der Waals surface area contributed by atoms with Crippen LogP contribution in [0.1, 0.15) is 5.69 Å². The molecule has 0 aliphatic carbocycles. The highest BCUT2D eigenvalue weighted by molar-refractivity contribution is 5.75. The second-order valence-electron chi connectivity index (χ2n) is 2.92. The molecule has 0 fully saturated rings. The Bertz CT molecular complexity index is 371. The van der Waals surface area contributed by atoms with Crippen molar-refractivity contribution in [2.24, 2.45) is 5.73 Å². The van der Waals surface area contributed by atoms with Crippen molar-refractivity contribution < 1.29 is 18.3 Å². The molecule has 2 N–H and O–H groups in total. The molecule has 0 saturated heterocycles. The summed E-state index contributed by atoms with van der Waals surface area (Å²) in [6.45, 7) is 0. The highest BCUT2D eigenvalue weighted by Crippen LogP contribution is 2.08. The quantitative estimate of drug-likeness (QED) is 0.743. The Labute approximate surface area is 85.1 Å². The van der Waals surface area contributed by atoms with E-state index in [0.29, 0.717) is 6.07 Å². The van der Waals surface area contributed by atoms with Gasteiger partial charge in [0.1, 0.15) is 17.7 Å². The van der Waals surface area contributed by atoms with E-state index in [1.807, 2.05) is 0 Å². The maximum absolute atomic E-state index is 13.1. The van der Waals surface area contributed by atoms with Crippen molar-refractivity contribution in [3.05, 3.63) is 29.6 Å². The summed E-state index contributed by atoms with van der Waals surface area (Å²) < 4.78 is 29.9. The SMILES string of the molecule is COC(=O)[C@H](N)Cc1ncc(F)cc1F. The molecular weight excluding hydrogens is 206 g/mol. The van der Waals surface area contributed by atoms with Gasteiger partial charge in [0.2, 0.25) is 0 Å². The first kappa shape index (κ1) is 11.5. The number of aromatic nitrogens is 1. The molecule has 6 heteroatoms. The number of carbonyl (C=O) groups is 1.